The molecule has 118 valence electrons. The summed E-state index contributed by atoms with van der Waals surface area (Å²) in [5.41, 5.74) is 2.08. The zero-order valence-corrected chi connectivity index (χ0v) is 13.2. The van der Waals surface area contributed by atoms with Gasteiger partial charge in [0.05, 0.1) is 0 Å². The average molecular weight is 302 g/mol. The molecule has 2 rings (SSSR count). The van der Waals surface area contributed by atoms with Crippen LogP contribution in [0.3, 0.4) is 0 Å². The molecule has 0 aliphatic carbocycles. The highest BCUT2D eigenvalue weighted by molar-refractivity contribution is 5.33. The second kappa shape index (κ2) is 8.51. The maximum Gasteiger partial charge on any atom is 0.124 e. The average Bonchev–Trinajstić information content (AvgIpc) is 2.52. The van der Waals surface area contributed by atoms with Gasteiger partial charge in [-0.1, -0.05) is 30.3 Å². The fourth-order valence-corrected chi connectivity index (χ4v) is 2.06. The van der Waals surface area contributed by atoms with Gasteiger partial charge in [-0.25, -0.2) is 4.39 Å². The summed E-state index contributed by atoms with van der Waals surface area (Å²) in [6.07, 6.45) is 0. The van der Waals surface area contributed by atoms with Crippen molar-refractivity contribution in [3.05, 3.63) is 65.5 Å². The van der Waals surface area contributed by atoms with E-state index in [1.54, 1.807) is 12.1 Å². The van der Waals surface area contributed by atoms with Crippen molar-refractivity contribution in [1.82, 2.24) is 10.2 Å². The molecule has 0 heterocycles. The van der Waals surface area contributed by atoms with Crippen molar-refractivity contribution in [3.63, 3.8) is 0 Å². The van der Waals surface area contributed by atoms with E-state index in [0.717, 1.165) is 36.5 Å². The van der Waals surface area contributed by atoms with E-state index >= 15 is 0 Å². The molecule has 0 saturated heterocycles. The first kappa shape index (κ1) is 16.5. The molecule has 0 atom stereocenters. The van der Waals surface area contributed by atoms with E-state index in [1.807, 2.05) is 18.2 Å². The van der Waals surface area contributed by atoms with Crippen LogP contribution in [0, 0.1) is 5.82 Å². The lowest BCUT2D eigenvalue weighted by atomic mass is 10.2. The van der Waals surface area contributed by atoms with E-state index in [1.165, 1.54) is 12.1 Å². The highest BCUT2D eigenvalue weighted by atomic mass is 19.1. The van der Waals surface area contributed by atoms with Gasteiger partial charge in [0.15, 0.2) is 0 Å². The van der Waals surface area contributed by atoms with Gasteiger partial charge in [-0.2, -0.15) is 0 Å². The van der Waals surface area contributed by atoms with Gasteiger partial charge in [0.25, 0.3) is 0 Å². The molecule has 2 aromatic carbocycles. The van der Waals surface area contributed by atoms with Crippen molar-refractivity contribution in [2.24, 2.45) is 0 Å². The molecule has 0 bridgehead atoms. The number of halogens is 1. The Morgan fingerprint density at radius 3 is 2.50 bits per heavy atom. The third kappa shape index (κ3) is 5.47. The van der Waals surface area contributed by atoms with Crippen LogP contribution in [0.4, 0.5) is 4.39 Å². The molecule has 0 aliphatic heterocycles. The summed E-state index contributed by atoms with van der Waals surface area (Å²) in [5, 5.41) is 3.41. The molecule has 0 aliphatic rings. The van der Waals surface area contributed by atoms with E-state index < -0.39 is 0 Å². The molecule has 0 unspecified atom stereocenters. The Kier molecular flexibility index (Phi) is 6.37. The number of nitrogens with zero attached hydrogens (tertiary/aromatic N) is 1. The number of hydrogen-bond donors (Lipinski definition) is 1. The van der Waals surface area contributed by atoms with Crippen LogP contribution in [-0.2, 0) is 13.2 Å². The molecule has 0 spiro atoms. The summed E-state index contributed by atoms with van der Waals surface area (Å²) in [5.74, 6) is 0.637. The number of likely N-dealkylation sites (N-methyl/N-ethyl adjacent to an activating group) is 1. The zero-order chi connectivity index (χ0) is 15.8. The Bertz CT molecular complexity index is 570. The Balaban J connectivity index is 1.89. The Morgan fingerprint density at radius 2 is 1.77 bits per heavy atom. The minimum Gasteiger partial charge on any atom is -0.489 e. The molecule has 0 aromatic heterocycles. The van der Waals surface area contributed by atoms with Gasteiger partial charge in [0.1, 0.15) is 18.2 Å². The van der Waals surface area contributed by atoms with E-state index in [2.05, 4.69) is 30.4 Å². The molecule has 3 nitrogen and oxygen atoms in total. The predicted molar refractivity (Wildman–Crippen MR) is 87.4 cm³/mol. The quantitative estimate of drug-likeness (QED) is 0.759. The fraction of sp³-hybridized carbons (Fsp3) is 0.333. The van der Waals surface area contributed by atoms with Crippen LogP contribution in [0.1, 0.15) is 11.1 Å². The van der Waals surface area contributed by atoms with Gasteiger partial charge in [-0.3, -0.25) is 0 Å². The third-order valence-electron chi connectivity index (χ3n) is 3.33. The Labute approximate surface area is 131 Å². The highest BCUT2D eigenvalue weighted by Gasteiger charge is 2.03. The maximum absolute atomic E-state index is 12.9. The van der Waals surface area contributed by atoms with Crippen molar-refractivity contribution in [2.45, 2.75) is 13.2 Å². The van der Waals surface area contributed by atoms with E-state index in [-0.39, 0.29) is 5.82 Å². The molecule has 2 aromatic rings. The lowest BCUT2D eigenvalue weighted by Crippen LogP contribution is -2.26. The molecular formula is C18H23FN2O. The number of para-hydroxylation sites is 1. The van der Waals surface area contributed by atoms with Crippen LogP contribution in [0.2, 0.25) is 0 Å². The Morgan fingerprint density at radius 1 is 1.05 bits per heavy atom. The lowest BCUT2D eigenvalue weighted by Gasteiger charge is -2.14. The third-order valence-corrected chi connectivity index (χ3v) is 3.33. The monoisotopic (exact) mass is 302 g/mol. The minimum atomic E-state index is -0.228. The largest absolute Gasteiger partial charge is 0.489 e. The SMILES string of the molecule is CN(C)CCNCc1ccccc1OCc1ccc(F)cc1. The van der Waals surface area contributed by atoms with Crippen LogP contribution in [-0.4, -0.2) is 32.1 Å². The van der Waals surface area contributed by atoms with Gasteiger partial charge in [0.2, 0.25) is 0 Å². The standard InChI is InChI=1S/C18H23FN2O/c1-21(2)12-11-20-13-16-5-3-4-6-18(16)22-14-15-7-9-17(19)10-8-15/h3-10,20H,11-14H2,1-2H3. The zero-order valence-electron chi connectivity index (χ0n) is 13.2. The van der Waals surface area contributed by atoms with Crippen LogP contribution in [0.25, 0.3) is 0 Å². The van der Waals surface area contributed by atoms with E-state index in [0.29, 0.717) is 6.61 Å². The Hall–Kier alpha value is -1.91. The fourth-order valence-electron chi connectivity index (χ4n) is 2.06. The number of benzene rings is 2. The van der Waals surface area contributed by atoms with Crippen molar-refractivity contribution in [1.29, 1.82) is 0 Å². The number of hydrogen-bond acceptors (Lipinski definition) is 3. The summed E-state index contributed by atoms with van der Waals surface area (Å²) < 4.78 is 18.8. The van der Waals surface area contributed by atoms with E-state index in [4.69, 9.17) is 4.74 Å². The van der Waals surface area contributed by atoms with Crippen molar-refractivity contribution < 1.29 is 9.13 Å². The molecular weight excluding hydrogens is 279 g/mol. The normalized spacial score (nSPS) is 10.9. The minimum absolute atomic E-state index is 0.228. The summed E-state index contributed by atoms with van der Waals surface area (Å²) in [6, 6.07) is 14.4. The van der Waals surface area contributed by atoms with Crippen molar-refractivity contribution in [2.75, 3.05) is 27.2 Å². The predicted octanol–water partition coefficient (Wildman–Crippen LogP) is 3.06. The maximum atomic E-state index is 12.9. The lowest BCUT2D eigenvalue weighted by molar-refractivity contribution is 0.301. The van der Waals surface area contributed by atoms with Gasteiger partial charge < -0.3 is 15.0 Å². The smallest absolute Gasteiger partial charge is 0.124 e. The van der Waals surface area contributed by atoms with Crippen LogP contribution in [0.15, 0.2) is 48.5 Å². The van der Waals surface area contributed by atoms with Gasteiger partial charge in [-0.05, 0) is 37.9 Å². The summed E-state index contributed by atoms with van der Waals surface area (Å²) in [7, 11) is 4.11. The molecule has 22 heavy (non-hydrogen) atoms. The number of ether oxygens (including phenoxy) is 1. The van der Waals surface area contributed by atoms with Crippen LogP contribution < -0.4 is 10.1 Å². The number of rotatable bonds is 8. The van der Waals surface area contributed by atoms with Crippen molar-refractivity contribution >= 4 is 0 Å². The van der Waals surface area contributed by atoms with Crippen LogP contribution in [0.5, 0.6) is 5.75 Å². The second-order valence-electron chi connectivity index (χ2n) is 5.50. The second-order valence-corrected chi connectivity index (χ2v) is 5.50. The van der Waals surface area contributed by atoms with E-state index in [9.17, 15) is 4.39 Å². The first-order valence-electron chi connectivity index (χ1n) is 7.46. The summed E-state index contributed by atoms with van der Waals surface area (Å²) in [4.78, 5) is 2.14. The molecule has 0 radical (unpaired) electrons. The van der Waals surface area contributed by atoms with Gasteiger partial charge in [0, 0.05) is 25.2 Å². The topological polar surface area (TPSA) is 24.5 Å². The number of nitrogens with one attached hydrogen (secondary N) is 1. The summed E-state index contributed by atoms with van der Waals surface area (Å²) >= 11 is 0. The summed E-state index contributed by atoms with van der Waals surface area (Å²) in [6.45, 7) is 3.14. The first-order chi connectivity index (χ1) is 10.6. The van der Waals surface area contributed by atoms with Gasteiger partial charge >= 0.3 is 0 Å². The molecule has 0 saturated carbocycles. The molecule has 4 heteroatoms. The first-order valence-corrected chi connectivity index (χ1v) is 7.46. The molecule has 0 amide bonds. The molecule has 0 fully saturated rings. The molecule has 1 N–H and O–H groups in total. The van der Waals surface area contributed by atoms with Gasteiger partial charge in [-0.15, -0.1) is 0 Å². The van der Waals surface area contributed by atoms with Crippen molar-refractivity contribution in [3.8, 4) is 5.75 Å². The van der Waals surface area contributed by atoms with Crippen LogP contribution >= 0.6 is 0 Å². The highest BCUT2D eigenvalue weighted by Crippen LogP contribution is 2.19.